The molecule has 162 valence electrons. The molecule has 0 aliphatic rings. The van der Waals surface area contributed by atoms with E-state index >= 15 is 0 Å². The molecule has 0 unspecified atom stereocenters. The summed E-state index contributed by atoms with van der Waals surface area (Å²) in [4.78, 5) is 35.9. The number of halogens is 1. The van der Waals surface area contributed by atoms with Crippen LogP contribution in [-0.2, 0) is 6.54 Å². The molecule has 0 fully saturated rings. The van der Waals surface area contributed by atoms with Crippen molar-refractivity contribution in [2.24, 2.45) is 0 Å². The summed E-state index contributed by atoms with van der Waals surface area (Å²) in [6.45, 7) is 2.93. The minimum Gasteiger partial charge on any atom is -0.501 e. The molecule has 2 aromatic carbocycles. The van der Waals surface area contributed by atoms with Crippen LogP contribution in [-0.4, -0.2) is 58.0 Å². The summed E-state index contributed by atoms with van der Waals surface area (Å²) in [5.74, 6) is -1.47. The van der Waals surface area contributed by atoms with Gasteiger partial charge in [0.2, 0.25) is 5.75 Å². The number of likely N-dealkylation sites (N-methyl/N-ethyl adjacent to an activating group) is 1. The molecule has 0 aliphatic carbocycles. The largest absolute Gasteiger partial charge is 0.501 e. The number of aromatic amines is 1. The molecule has 3 rings (SSSR count). The zero-order chi connectivity index (χ0) is 22.5. The van der Waals surface area contributed by atoms with Gasteiger partial charge in [-0.15, -0.1) is 0 Å². The molecule has 0 bridgehead atoms. The van der Waals surface area contributed by atoms with Crippen LogP contribution in [0.5, 0.6) is 5.75 Å². The van der Waals surface area contributed by atoms with Crippen molar-refractivity contribution in [3.8, 4) is 17.1 Å². The minimum atomic E-state index is -0.786. The number of carbonyl (C=O) groups excluding carboxylic acids is 1. The number of nitrogens with zero attached hydrogens (tertiary/aromatic N) is 3. The highest BCUT2D eigenvalue weighted by molar-refractivity contribution is 5.95. The number of hydrogen-bond donors (Lipinski definition) is 2. The zero-order valence-corrected chi connectivity index (χ0v) is 17.7. The number of aromatic nitrogens is 2. The van der Waals surface area contributed by atoms with Crippen LogP contribution >= 0.6 is 0 Å². The van der Waals surface area contributed by atoms with E-state index in [1.165, 1.54) is 17.0 Å². The first-order valence-corrected chi connectivity index (χ1v) is 9.84. The van der Waals surface area contributed by atoms with Gasteiger partial charge in [-0.05, 0) is 44.3 Å². The van der Waals surface area contributed by atoms with Crippen molar-refractivity contribution >= 4 is 5.91 Å². The van der Waals surface area contributed by atoms with Gasteiger partial charge in [-0.25, -0.2) is 9.37 Å². The fraction of sp³-hybridized carbons (Fsp3) is 0.261. The predicted molar refractivity (Wildman–Crippen MR) is 116 cm³/mol. The van der Waals surface area contributed by atoms with Gasteiger partial charge in [-0.3, -0.25) is 9.59 Å². The van der Waals surface area contributed by atoms with Crippen molar-refractivity contribution in [2.45, 2.75) is 13.5 Å². The van der Waals surface area contributed by atoms with Gasteiger partial charge in [0.25, 0.3) is 11.5 Å². The van der Waals surface area contributed by atoms with Crippen molar-refractivity contribution in [1.29, 1.82) is 0 Å². The van der Waals surface area contributed by atoms with Crippen LogP contribution in [0.2, 0.25) is 0 Å². The summed E-state index contributed by atoms with van der Waals surface area (Å²) in [7, 11) is 3.75. The summed E-state index contributed by atoms with van der Waals surface area (Å²) in [6, 6.07) is 13.1. The molecule has 0 radical (unpaired) electrons. The molecule has 0 saturated heterocycles. The van der Waals surface area contributed by atoms with E-state index in [0.29, 0.717) is 18.7 Å². The van der Waals surface area contributed by atoms with Crippen LogP contribution in [0.15, 0.2) is 53.3 Å². The molecular weight excluding hydrogens is 399 g/mol. The first-order chi connectivity index (χ1) is 14.8. The number of carbonyl (C=O) groups is 1. The summed E-state index contributed by atoms with van der Waals surface area (Å²) in [6.07, 6.45) is 0. The van der Waals surface area contributed by atoms with Crippen LogP contribution in [0, 0.1) is 12.7 Å². The highest BCUT2D eigenvalue weighted by Gasteiger charge is 2.24. The van der Waals surface area contributed by atoms with Gasteiger partial charge in [-0.2, -0.15) is 0 Å². The fourth-order valence-corrected chi connectivity index (χ4v) is 3.12. The Morgan fingerprint density at radius 1 is 1.10 bits per heavy atom. The number of hydrogen-bond acceptors (Lipinski definition) is 5. The number of aromatic hydroxyl groups is 1. The number of amides is 1. The van der Waals surface area contributed by atoms with Crippen molar-refractivity contribution in [2.75, 3.05) is 27.2 Å². The Bertz CT molecular complexity index is 1130. The number of H-pyrrole nitrogens is 1. The van der Waals surface area contributed by atoms with Crippen molar-refractivity contribution in [3.05, 3.63) is 81.5 Å². The van der Waals surface area contributed by atoms with E-state index in [9.17, 15) is 19.1 Å². The normalized spacial score (nSPS) is 11.0. The Hall–Kier alpha value is -3.52. The van der Waals surface area contributed by atoms with E-state index in [1.807, 2.05) is 38.1 Å². The van der Waals surface area contributed by atoms with Gasteiger partial charge in [0.1, 0.15) is 11.6 Å². The average Bonchev–Trinajstić information content (AvgIpc) is 2.74. The Labute approximate surface area is 179 Å². The first kappa shape index (κ1) is 22.2. The molecule has 1 heterocycles. The number of nitrogens with one attached hydrogen (secondary N) is 1. The molecule has 3 aromatic rings. The molecule has 1 aromatic heterocycles. The second kappa shape index (κ2) is 9.53. The minimum absolute atomic E-state index is 0.181. The van der Waals surface area contributed by atoms with Gasteiger partial charge in [0, 0.05) is 25.2 Å². The maximum Gasteiger partial charge on any atom is 0.294 e. The molecule has 31 heavy (non-hydrogen) atoms. The van der Waals surface area contributed by atoms with Gasteiger partial charge in [0.05, 0.1) is 0 Å². The summed E-state index contributed by atoms with van der Waals surface area (Å²) in [5, 5.41) is 10.3. The second-order valence-corrected chi connectivity index (χ2v) is 7.58. The monoisotopic (exact) mass is 424 g/mol. The smallest absolute Gasteiger partial charge is 0.294 e. The molecule has 0 aliphatic heterocycles. The van der Waals surface area contributed by atoms with Crippen LogP contribution in [0.25, 0.3) is 11.4 Å². The molecule has 0 saturated carbocycles. The van der Waals surface area contributed by atoms with E-state index in [-0.39, 0.29) is 23.9 Å². The van der Waals surface area contributed by atoms with Gasteiger partial charge in [0.15, 0.2) is 5.69 Å². The van der Waals surface area contributed by atoms with E-state index in [0.717, 1.165) is 11.1 Å². The lowest BCUT2D eigenvalue weighted by atomic mass is 10.1. The third-order valence-electron chi connectivity index (χ3n) is 4.89. The summed E-state index contributed by atoms with van der Waals surface area (Å²) >= 11 is 0. The highest BCUT2D eigenvalue weighted by Crippen LogP contribution is 2.22. The van der Waals surface area contributed by atoms with E-state index in [2.05, 4.69) is 9.97 Å². The predicted octanol–water partition coefficient (Wildman–Crippen LogP) is 2.79. The fourth-order valence-electron chi connectivity index (χ4n) is 3.12. The standard InChI is InChI=1S/C23H25FN4O3/c1-15-6-4-5-7-18(15)21-25-19(20(29)22(30)26-21)23(31)28(13-12-27(2)3)14-16-8-10-17(24)11-9-16/h4-11,29H,12-14H2,1-3H3,(H,25,26,30). The Balaban J connectivity index is 2.00. The van der Waals surface area contributed by atoms with Gasteiger partial charge < -0.3 is 19.9 Å². The molecule has 0 atom stereocenters. The molecule has 1 amide bonds. The van der Waals surface area contributed by atoms with E-state index in [4.69, 9.17) is 0 Å². The van der Waals surface area contributed by atoms with Crippen molar-refractivity contribution < 1.29 is 14.3 Å². The summed E-state index contributed by atoms with van der Waals surface area (Å²) < 4.78 is 13.3. The van der Waals surface area contributed by atoms with Crippen molar-refractivity contribution in [3.63, 3.8) is 0 Å². The van der Waals surface area contributed by atoms with E-state index < -0.39 is 17.2 Å². The van der Waals surface area contributed by atoms with Crippen LogP contribution in [0.1, 0.15) is 21.6 Å². The molecule has 7 nitrogen and oxygen atoms in total. The lowest BCUT2D eigenvalue weighted by molar-refractivity contribution is 0.0722. The van der Waals surface area contributed by atoms with Crippen LogP contribution in [0.3, 0.4) is 0 Å². The zero-order valence-electron chi connectivity index (χ0n) is 17.7. The number of benzene rings is 2. The Kier molecular flexibility index (Phi) is 6.81. The van der Waals surface area contributed by atoms with E-state index in [1.54, 1.807) is 24.3 Å². The molecule has 2 N–H and O–H groups in total. The topological polar surface area (TPSA) is 89.5 Å². The third-order valence-corrected chi connectivity index (χ3v) is 4.89. The van der Waals surface area contributed by atoms with Gasteiger partial charge >= 0.3 is 0 Å². The maximum absolute atomic E-state index is 13.3. The number of rotatable bonds is 7. The molecule has 8 heteroatoms. The average molecular weight is 424 g/mol. The third kappa shape index (κ3) is 5.35. The Morgan fingerprint density at radius 3 is 2.42 bits per heavy atom. The molecular formula is C23H25FN4O3. The lowest BCUT2D eigenvalue weighted by Crippen LogP contribution is -2.37. The summed E-state index contributed by atoms with van der Waals surface area (Å²) in [5.41, 5.74) is 1.14. The van der Waals surface area contributed by atoms with Crippen molar-refractivity contribution in [1.82, 2.24) is 19.8 Å². The quantitative estimate of drug-likeness (QED) is 0.609. The maximum atomic E-state index is 13.3. The van der Waals surface area contributed by atoms with Crippen LogP contribution < -0.4 is 5.56 Å². The SMILES string of the molecule is Cc1ccccc1-c1nc(C(=O)N(CCN(C)C)Cc2ccc(F)cc2)c(O)c(=O)[nH]1. The van der Waals surface area contributed by atoms with Crippen LogP contribution in [0.4, 0.5) is 4.39 Å². The number of aryl methyl sites for hydroxylation is 1. The Morgan fingerprint density at radius 2 is 1.77 bits per heavy atom. The second-order valence-electron chi connectivity index (χ2n) is 7.58. The molecule has 0 spiro atoms. The highest BCUT2D eigenvalue weighted by atomic mass is 19.1. The lowest BCUT2D eigenvalue weighted by Gasteiger charge is -2.24. The first-order valence-electron chi connectivity index (χ1n) is 9.84. The van der Waals surface area contributed by atoms with Gasteiger partial charge in [-0.1, -0.05) is 36.4 Å².